The number of hydrogen-bond acceptors (Lipinski definition) is 4. The fourth-order valence-electron chi connectivity index (χ4n) is 1.47. The van der Waals surface area contributed by atoms with Crippen molar-refractivity contribution in [2.45, 2.75) is 6.54 Å². The number of hydrogen-bond donors (Lipinski definition) is 2. The summed E-state index contributed by atoms with van der Waals surface area (Å²) < 4.78 is 1.53. The van der Waals surface area contributed by atoms with E-state index >= 15 is 0 Å². The zero-order chi connectivity index (χ0) is 13.8. The van der Waals surface area contributed by atoms with E-state index in [1.807, 2.05) is 6.07 Å². The van der Waals surface area contributed by atoms with Crippen LogP contribution in [-0.2, 0) is 11.3 Å². The maximum Gasteiger partial charge on any atom is 0.244 e. The molecule has 7 heteroatoms. The highest BCUT2D eigenvalue weighted by Gasteiger charge is 2.06. The summed E-state index contributed by atoms with van der Waals surface area (Å²) in [6, 6.07) is 6.63. The highest BCUT2D eigenvalue weighted by atomic mass is 35.5. The third-order valence-corrected chi connectivity index (χ3v) is 3.40. The van der Waals surface area contributed by atoms with Gasteiger partial charge in [0.05, 0.1) is 10.6 Å². The third-order valence-electron chi connectivity index (χ3n) is 2.37. The standard InChI is InChI=1S/C12H9ClN4OS/c13-10-5-9(2-1-8(10)6-14)16-11(18)7-17-3-4-19-12(17)15/h1-5,15H,7H2,(H,16,18). The maximum atomic E-state index is 11.8. The Balaban J connectivity index is 2.08. The van der Waals surface area contributed by atoms with Crippen LogP contribution in [0.3, 0.4) is 0 Å². The minimum atomic E-state index is -0.252. The fraction of sp³-hybridized carbons (Fsp3) is 0.0833. The minimum Gasteiger partial charge on any atom is -0.324 e. The van der Waals surface area contributed by atoms with Crippen LogP contribution in [0.1, 0.15) is 5.56 Å². The van der Waals surface area contributed by atoms with Gasteiger partial charge >= 0.3 is 0 Å². The summed E-state index contributed by atoms with van der Waals surface area (Å²) in [5, 5.41) is 21.0. The van der Waals surface area contributed by atoms with Gasteiger partial charge in [-0.1, -0.05) is 11.6 Å². The molecule has 1 aromatic carbocycles. The molecule has 0 spiro atoms. The van der Waals surface area contributed by atoms with Crippen LogP contribution < -0.4 is 10.1 Å². The molecule has 5 nitrogen and oxygen atoms in total. The van der Waals surface area contributed by atoms with E-state index in [0.29, 0.717) is 21.1 Å². The van der Waals surface area contributed by atoms with Crippen LogP contribution >= 0.6 is 22.9 Å². The van der Waals surface area contributed by atoms with Crippen molar-refractivity contribution >= 4 is 34.5 Å². The molecule has 0 bridgehead atoms. The fourth-order valence-corrected chi connectivity index (χ4v) is 2.29. The van der Waals surface area contributed by atoms with Crippen molar-refractivity contribution < 1.29 is 4.79 Å². The Bertz CT molecular complexity index is 713. The molecule has 1 aromatic heterocycles. The largest absolute Gasteiger partial charge is 0.324 e. The number of carbonyl (C=O) groups is 1. The van der Waals surface area contributed by atoms with Gasteiger partial charge < -0.3 is 9.88 Å². The Hall–Kier alpha value is -2.10. The lowest BCUT2D eigenvalue weighted by Gasteiger charge is -2.06. The molecule has 0 aliphatic heterocycles. The molecule has 0 saturated carbocycles. The average Bonchev–Trinajstić information content (AvgIpc) is 2.75. The number of nitrogens with one attached hydrogen (secondary N) is 2. The van der Waals surface area contributed by atoms with Crippen LogP contribution in [0.5, 0.6) is 0 Å². The summed E-state index contributed by atoms with van der Waals surface area (Å²) >= 11 is 7.13. The molecule has 2 rings (SSSR count). The van der Waals surface area contributed by atoms with Crippen LogP contribution in [0.15, 0.2) is 29.8 Å². The highest BCUT2D eigenvalue weighted by Crippen LogP contribution is 2.20. The van der Waals surface area contributed by atoms with E-state index < -0.39 is 0 Å². The lowest BCUT2D eigenvalue weighted by atomic mass is 10.2. The number of aromatic nitrogens is 1. The molecule has 19 heavy (non-hydrogen) atoms. The molecule has 1 heterocycles. The molecule has 0 radical (unpaired) electrons. The quantitative estimate of drug-likeness (QED) is 0.909. The molecular formula is C12H9ClN4OS. The molecule has 0 aliphatic rings. The molecule has 0 unspecified atom stereocenters. The molecule has 1 amide bonds. The van der Waals surface area contributed by atoms with Gasteiger partial charge in [0, 0.05) is 17.3 Å². The van der Waals surface area contributed by atoms with Crippen LogP contribution in [0.2, 0.25) is 5.02 Å². The van der Waals surface area contributed by atoms with E-state index in [-0.39, 0.29) is 12.5 Å². The molecule has 96 valence electrons. The first-order valence-corrected chi connectivity index (χ1v) is 6.54. The third kappa shape index (κ3) is 3.22. The molecule has 0 atom stereocenters. The van der Waals surface area contributed by atoms with E-state index in [1.165, 1.54) is 22.0 Å². The summed E-state index contributed by atoms with van der Waals surface area (Å²) in [6.45, 7) is 0.0694. The number of halogens is 1. The second-order valence-corrected chi connectivity index (χ2v) is 4.99. The van der Waals surface area contributed by atoms with Crippen molar-refractivity contribution in [3.8, 4) is 6.07 Å². The summed E-state index contributed by atoms with van der Waals surface area (Å²) in [7, 11) is 0. The monoisotopic (exact) mass is 292 g/mol. The zero-order valence-electron chi connectivity index (χ0n) is 9.68. The SMILES string of the molecule is N#Cc1ccc(NC(=O)Cn2ccsc2=N)cc1Cl. The molecule has 2 aromatic rings. The van der Waals surface area contributed by atoms with Crippen LogP contribution in [0.4, 0.5) is 5.69 Å². The van der Waals surface area contributed by atoms with Crippen LogP contribution in [0.25, 0.3) is 0 Å². The van der Waals surface area contributed by atoms with E-state index in [4.69, 9.17) is 22.3 Å². The summed E-state index contributed by atoms with van der Waals surface area (Å²) in [6.07, 6.45) is 1.68. The Kier molecular flexibility index (Phi) is 4.00. The Morgan fingerprint density at radius 3 is 2.95 bits per heavy atom. The van der Waals surface area contributed by atoms with E-state index in [1.54, 1.807) is 23.7 Å². The smallest absolute Gasteiger partial charge is 0.244 e. The van der Waals surface area contributed by atoms with Crippen molar-refractivity contribution in [1.82, 2.24) is 4.57 Å². The average molecular weight is 293 g/mol. The minimum absolute atomic E-state index is 0.0694. The second-order valence-electron chi connectivity index (χ2n) is 3.69. The molecule has 0 saturated heterocycles. The summed E-state index contributed by atoms with van der Waals surface area (Å²) in [5.41, 5.74) is 0.886. The van der Waals surface area contributed by atoms with Gasteiger partial charge in [-0.05, 0) is 18.2 Å². The molecule has 0 aliphatic carbocycles. The number of nitrogens with zero attached hydrogens (tertiary/aromatic N) is 2. The topological polar surface area (TPSA) is 81.7 Å². The normalized spacial score (nSPS) is 9.89. The second kappa shape index (κ2) is 5.69. The van der Waals surface area contributed by atoms with Gasteiger partial charge in [0.2, 0.25) is 5.91 Å². The van der Waals surface area contributed by atoms with Crippen molar-refractivity contribution in [3.63, 3.8) is 0 Å². The first-order valence-electron chi connectivity index (χ1n) is 5.28. The molecular weight excluding hydrogens is 284 g/mol. The summed E-state index contributed by atoms with van der Waals surface area (Å²) in [5.74, 6) is -0.252. The van der Waals surface area contributed by atoms with E-state index in [0.717, 1.165) is 0 Å². The van der Waals surface area contributed by atoms with Crippen LogP contribution in [0, 0.1) is 16.7 Å². The number of amides is 1. The van der Waals surface area contributed by atoms with Gasteiger partial charge in [0.25, 0.3) is 0 Å². The Labute approximate surface area is 118 Å². The van der Waals surface area contributed by atoms with Gasteiger partial charge in [0.1, 0.15) is 12.6 Å². The number of carbonyl (C=O) groups excluding carboxylic acids is 1. The number of thiazole rings is 1. The Morgan fingerprint density at radius 1 is 1.58 bits per heavy atom. The van der Waals surface area contributed by atoms with E-state index in [9.17, 15) is 4.79 Å². The van der Waals surface area contributed by atoms with E-state index in [2.05, 4.69) is 5.32 Å². The number of benzene rings is 1. The lowest BCUT2D eigenvalue weighted by molar-refractivity contribution is -0.116. The number of rotatable bonds is 3. The highest BCUT2D eigenvalue weighted by molar-refractivity contribution is 7.06. The predicted octanol–water partition coefficient (Wildman–Crippen LogP) is 2.19. The van der Waals surface area contributed by atoms with Crippen molar-refractivity contribution in [2.24, 2.45) is 0 Å². The lowest BCUT2D eigenvalue weighted by Crippen LogP contribution is -2.23. The number of nitriles is 1. The van der Waals surface area contributed by atoms with Gasteiger partial charge in [-0.2, -0.15) is 5.26 Å². The van der Waals surface area contributed by atoms with Crippen molar-refractivity contribution in [1.29, 1.82) is 10.7 Å². The van der Waals surface area contributed by atoms with Gasteiger partial charge in [-0.25, -0.2) is 0 Å². The van der Waals surface area contributed by atoms with Gasteiger partial charge in [-0.3, -0.25) is 10.2 Å². The predicted molar refractivity (Wildman–Crippen MR) is 73.0 cm³/mol. The first kappa shape index (κ1) is 13.3. The Morgan fingerprint density at radius 2 is 2.37 bits per heavy atom. The van der Waals surface area contributed by atoms with Gasteiger partial charge in [0.15, 0.2) is 4.80 Å². The molecule has 2 N–H and O–H groups in total. The van der Waals surface area contributed by atoms with Crippen molar-refractivity contribution in [2.75, 3.05) is 5.32 Å². The molecule has 0 fully saturated rings. The van der Waals surface area contributed by atoms with Gasteiger partial charge in [-0.15, -0.1) is 11.3 Å². The summed E-state index contributed by atoms with van der Waals surface area (Å²) in [4.78, 5) is 12.1. The maximum absolute atomic E-state index is 11.8. The number of anilines is 1. The first-order chi connectivity index (χ1) is 9.10. The van der Waals surface area contributed by atoms with Crippen molar-refractivity contribution in [3.05, 3.63) is 45.2 Å². The zero-order valence-corrected chi connectivity index (χ0v) is 11.3. The van der Waals surface area contributed by atoms with Crippen LogP contribution in [-0.4, -0.2) is 10.5 Å².